The second kappa shape index (κ2) is 10.9. The van der Waals surface area contributed by atoms with Crippen molar-refractivity contribution < 1.29 is 14.2 Å². The van der Waals surface area contributed by atoms with Gasteiger partial charge in [-0.1, -0.05) is 58.8 Å². The van der Waals surface area contributed by atoms with Crippen molar-refractivity contribution in [2.75, 3.05) is 26.4 Å². The smallest absolute Gasteiger partial charge is 0.274 e. The van der Waals surface area contributed by atoms with Gasteiger partial charge in [-0.2, -0.15) is 0 Å². The average molecular weight is 541 g/mol. The van der Waals surface area contributed by atoms with Crippen LogP contribution in [0.25, 0.3) is 22.1 Å². The molecule has 0 saturated heterocycles. The monoisotopic (exact) mass is 540 g/mol. The van der Waals surface area contributed by atoms with E-state index in [1.54, 1.807) is 22.6 Å². The van der Waals surface area contributed by atoms with Crippen molar-refractivity contribution in [2.24, 2.45) is 0 Å². The predicted molar refractivity (Wildman–Crippen MR) is 145 cm³/mol. The molecule has 0 bridgehead atoms. The minimum Gasteiger partial charge on any atom is -0.491 e. The molecular weight excluding hydrogens is 519 g/mol. The SMILES string of the molecule is Cc1cccc(OCCOCCOc2c(Cl)cc(/C=c3\sc4nc5ccccc5n4c3=O)cc2Cl)c1. The van der Waals surface area contributed by atoms with Gasteiger partial charge in [0.2, 0.25) is 0 Å². The molecule has 9 heteroatoms. The van der Waals surface area contributed by atoms with Crippen LogP contribution in [0, 0.1) is 6.92 Å². The number of hydrogen-bond acceptors (Lipinski definition) is 6. The molecule has 5 aromatic rings. The van der Waals surface area contributed by atoms with Crippen molar-refractivity contribution in [3.05, 3.63) is 96.7 Å². The Morgan fingerprint density at radius 1 is 0.944 bits per heavy atom. The molecule has 5 rings (SSSR count). The Morgan fingerprint density at radius 3 is 2.47 bits per heavy atom. The second-order valence-electron chi connectivity index (χ2n) is 8.07. The molecule has 0 atom stereocenters. The lowest BCUT2D eigenvalue weighted by atomic mass is 10.2. The lowest BCUT2D eigenvalue weighted by Gasteiger charge is -2.11. The van der Waals surface area contributed by atoms with Crippen LogP contribution in [0.2, 0.25) is 10.0 Å². The molecule has 3 aromatic carbocycles. The summed E-state index contributed by atoms with van der Waals surface area (Å²) in [4.78, 5) is 18.2. The molecule has 0 fully saturated rings. The first-order valence-electron chi connectivity index (χ1n) is 11.3. The third-order valence-corrected chi connectivity index (χ3v) is 6.95. The highest BCUT2D eigenvalue weighted by molar-refractivity contribution is 7.15. The number of rotatable bonds is 9. The molecule has 0 spiro atoms. The molecule has 0 unspecified atom stereocenters. The van der Waals surface area contributed by atoms with Gasteiger partial charge < -0.3 is 14.2 Å². The average Bonchev–Trinajstić information content (AvgIpc) is 3.36. The number of ether oxygens (including phenoxy) is 3. The summed E-state index contributed by atoms with van der Waals surface area (Å²) in [5, 5.41) is 0.714. The highest BCUT2D eigenvalue weighted by Crippen LogP contribution is 2.34. The number of para-hydroxylation sites is 2. The quantitative estimate of drug-likeness (QED) is 0.229. The number of halogens is 2. The molecular formula is C27H22Cl2N2O4S. The molecule has 2 heterocycles. The molecule has 0 aliphatic rings. The van der Waals surface area contributed by atoms with Crippen molar-refractivity contribution in [1.82, 2.24) is 9.38 Å². The number of thiazole rings is 1. The third-order valence-electron chi connectivity index (χ3n) is 5.42. The number of aryl methyl sites for hydroxylation is 1. The molecule has 0 N–H and O–H groups in total. The minimum atomic E-state index is -0.125. The Morgan fingerprint density at radius 2 is 1.69 bits per heavy atom. The van der Waals surface area contributed by atoms with E-state index in [0.717, 1.165) is 22.3 Å². The van der Waals surface area contributed by atoms with Crippen LogP contribution < -0.4 is 19.6 Å². The molecule has 6 nitrogen and oxygen atoms in total. The highest BCUT2D eigenvalue weighted by atomic mass is 35.5. The number of aromatic nitrogens is 2. The fraction of sp³-hybridized carbons (Fsp3) is 0.185. The molecule has 0 saturated carbocycles. The van der Waals surface area contributed by atoms with Crippen molar-refractivity contribution in [2.45, 2.75) is 6.92 Å². The van der Waals surface area contributed by atoms with Crippen molar-refractivity contribution in [3.8, 4) is 11.5 Å². The van der Waals surface area contributed by atoms with Gasteiger partial charge in [0.25, 0.3) is 5.56 Å². The van der Waals surface area contributed by atoms with Crippen LogP contribution >= 0.6 is 34.5 Å². The normalized spacial score (nSPS) is 12.0. The second-order valence-corrected chi connectivity index (χ2v) is 9.90. The van der Waals surface area contributed by atoms with E-state index in [2.05, 4.69) is 4.98 Å². The first-order chi connectivity index (χ1) is 17.5. The third kappa shape index (κ3) is 5.34. The van der Waals surface area contributed by atoms with Gasteiger partial charge in [-0.25, -0.2) is 9.38 Å². The van der Waals surface area contributed by atoms with E-state index in [4.69, 9.17) is 37.4 Å². The Kier molecular flexibility index (Phi) is 7.43. The van der Waals surface area contributed by atoms with Crippen LogP contribution in [0.4, 0.5) is 0 Å². The van der Waals surface area contributed by atoms with Crippen LogP contribution in [0.1, 0.15) is 11.1 Å². The Labute approximate surface area is 221 Å². The molecule has 0 aliphatic heterocycles. The summed E-state index contributed by atoms with van der Waals surface area (Å²) in [6, 6.07) is 18.9. The zero-order chi connectivity index (χ0) is 25.1. The summed E-state index contributed by atoms with van der Waals surface area (Å²) in [5.74, 6) is 1.20. The van der Waals surface area contributed by atoms with E-state index in [-0.39, 0.29) is 12.2 Å². The Bertz CT molecular complexity index is 1620. The largest absolute Gasteiger partial charge is 0.491 e. The minimum absolute atomic E-state index is 0.125. The lowest BCUT2D eigenvalue weighted by molar-refractivity contribution is 0.0764. The van der Waals surface area contributed by atoms with Crippen LogP contribution in [-0.4, -0.2) is 35.8 Å². The fourth-order valence-corrected chi connectivity index (χ4v) is 5.39. The number of benzene rings is 3. The van der Waals surface area contributed by atoms with E-state index >= 15 is 0 Å². The van der Waals surface area contributed by atoms with Crippen molar-refractivity contribution in [1.29, 1.82) is 0 Å². The molecule has 36 heavy (non-hydrogen) atoms. The lowest BCUT2D eigenvalue weighted by Crippen LogP contribution is -2.22. The summed E-state index contributed by atoms with van der Waals surface area (Å²) in [6.07, 6.45) is 1.76. The zero-order valence-electron chi connectivity index (χ0n) is 19.4. The van der Waals surface area contributed by atoms with E-state index in [1.165, 1.54) is 11.3 Å². The van der Waals surface area contributed by atoms with E-state index in [1.807, 2.05) is 55.5 Å². The van der Waals surface area contributed by atoms with Gasteiger partial charge >= 0.3 is 0 Å². The van der Waals surface area contributed by atoms with Gasteiger partial charge in [0, 0.05) is 0 Å². The Hall–Kier alpha value is -3.10. The van der Waals surface area contributed by atoms with Gasteiger partial charge in [0.1, 0.15) is 19.0 Å². The van der Waals surface area contributed by atoms with Gasteiger partial charge in [0.05, 0.1) is 38.8 Å². The Balaban J connectivity index is 1.20. The fourth-order valence-electron chi connectivity index (χ4n) is 3.79. The first kappa shape index (κ1) is 24.6. The zero-order valence-corrected chi connectivity index (χ0v) is 21.7. The highest BCUT2D eigenvalue weighted by Gasteiger charge is 2.12. The van der Waals surface area contributed by atoms with E-state index < -0.39 is 0 Å². The summed E-state index contributed by atoms with van der Waals surface area (Å²) in [7, 11) is 0. The van der Waals surface area contributed by atoms with Gasteiger partial charge in [-0.3, -0.25) is 4.79 Å². The van der Waals surface area contributed by atoms with E-state index in [9.17, 15) is 4.79 Å². The number of imidazole rings is 1. The van der Waals surface area contributed by atoms with Crippen LogP contribution in [0.5, 0.6) is 11.5 Å². The van der Waals surface area contributed by atoms with Crippen LogP contribution in [0.15, 0.2) is 65.5 Å². The van der Waals surface area contributed by atoms with Gasteiger partial charge in [-0.15, -0.1) is 0 Å². The molecule has 2 aromatic heterocycles. The maximum absolute atomic E-state index is 13.0. The van der Waals surface area contributed by atoms with Crippen LogP contribution in [-0.2, 0) is 4.74 Å². The number of nitrogens with zero attached hydrogens (tertiary/aromatic N) is 2. The van der Waals surface area contributed by atoms with Gasteiger partial charge in [-0.05, 0) is 60.5 Å². The van der Waals surface area contributed by atoms with Crippen molar-refractivity contribution >= 4 is 56.6 Å². The maximum Gasteiger partial charge on any atom is 0.274 e. The van der Waals surface area contributed by atoms with Crippen molar-refractivity contribution in [3.63, 3.8) is 0 Å². The number of fused-ring (bicyclic) bond motifs is 3. The summed E-state index contributed by atoms with van der Waals surface area (Å²) in [5.41, 5.74) is 3.31. The van der Waals surface area contributed by atoms with Gasteiger partial charge in [0.15, 0.2) is 10.7 Å². The standard InChI is InChI=1S/C27H22Cl2N2O4S/c1-17-5-4-6-19(13-17)34-11-9-33-10-12-35-25-20(28)14-18(15-21(25)29)16-24-26(32)31-23-8-3-2-7-22(23)30-27(31)36-24/h2-8,13-16H,9-12H2,1H3/b24-16-. The molecule has 0 amide bonds. The molecule has 0 aliphatic carbocycles. The summed E-state index contributed by atoms with van der Waals surface area (Å²) >= 11 is 14.2. The van der Waals surface area contributed by atoms with E-state index in [0.29, 0.717) is 50.7 Å². The maximum atomic E-state index is 13.0. The van der Waals surface area contributed by atoms with Crippen LogP contribution in [0.3, 0.4) is 0 Å². The summed E-state index contributed by atoms with van der Waals surface area (Å²) < 4.78 is 19.1. The molecule has 0 radical (unpaired) electrons. The molecule has 184 valence electrons. The number of hydrogen-bond donors (Lipinski definition) is 0. The topological polar surface area (TPSA) is 62.1 Å². The first-order valence-corrected chi connectivity index (χ1v) is 12.9. The summed E-state index contributed by atoms with van der Waals surface area (Å²) in [6.45, 7) is 3.54. The predicted octanol–water partition coefficient (Wildman–Crippen LogP) is 5.55.